The number of imide groups is 1. The van der Waals surface area contributed by atoms with Crippen LogP contribution in [0.5, 0.6) is 0 Å². The Labute approximate surface area is 161 Å². The third-order valence-corrected chi connectivity index (χ3v) is 5.29. The molecule has 28 heavy (non-hydrogen) atoms. The van der Waals surface area contributed by atoms with Gasteiger partial charge in [0, 0.05) is 24.1 Å². The highest BCUT2D eigenvalue weighted by Crippen LogP contribution is 2.31. The number of fused-ring (bicyclic) bond motifs is 1. The van der Waals surface area contributed by atoms with Gasteiger partial charge in [0.1, 0.15) is 6.04 Å². The van der Waals surface area contributed by atoms with E-state index in [2.05, 4.69) is 22.6 Å². The minimum atomic E-state index is -0.644. The Hall–Kier alpha value is -3.07. The summed E-state index contributed by atoms with van der Waals surface area (Å²) in [4.78, 5) is 38.1. The predicted octanol–water partition coefficient (Wildman–Crippen LogP) is 0.828. The number of nitrogens with one attached hydrogen (secondary N) is 1. The molecule has 1 fully saturated rings. The predicted molar refractivity (Wildman–Crippen MR) is 99.2 cm³/mol. The Kier molecular flexibility index (Phi) is 4.68. The maximum absolute atomic E-state index is 12.9. The fourth-order valence-electron chi connectivity index (χ4n) is 3.81. The fourth-order valence-corrected chi connectivity index (χ4v) is 3.81. The normalized spacial score (nSPS) is 20.3. The monoisotopic (exact) mass is 382 g/mol. The summed E-state index contributed by atoms with van der Waals surface area (Å²) in [6.45, 7) is 2.34. The molecule has 146 valence electrons. The summed E-state index contributed by atoms with van der Waals surface area (Å²) in [5.74, 6) is -0.938. The molecule has 3 amide bonds. The van der Waals surface area contributed by atoms with Gasteiger partial charge in [-0.25, -0.2) is 4.68 Å². The Balaban J connectivity index is 1.63. The highest BCUT2D eigenvalue weighted by atomic mass is 16.2. The molecule has 9 heteroatoms. The van der Waals surface area contributed by atoms with Gasteiger partial charge in [0.25, 0.3) is 5.91 Å². The minimum absolute atomic E-state index is 0.183. The van der Waals surface area contributed by atoms with Gasteiger partial charge in [-0.2, -0.15) is 0 Å². The number of hydrogen-bond donors (Lipinski definition) is 2. The van der Waals surface area contributed by atoms with Crippen LogP contribution < -0.4 is 11.1 Å². The van der Waals surface area contributed by atoms with Crippen LogP contribution in [0.3, 0.4) is 0 Å². The Morgan fingerprint density at radius 2 is 2.14 bits per heavy atom. The van der Waals surface area contributed by atoms with Crippen molar-refractivity contribution in [1.82, 2.24) is 25.2 Å². The third kappa shape index (κ3) is 3.07. The van der Waals surface area contributed by atoms with Gasteiger partial charge >= 0.3 is 0 Å². The van der Waals surface area contributed by atoms with Gasteiger partial charge in [-0.15, -0.1) is 5.10 Å². The number of amides is 3. The van der Waals surface area contributed by atoms with E-state index in [9.17, 15) is 14.4 Å². The zero-order valence-corrected chi connectivity index (χ0v) is 15.6. The summed E-state index contributed by atoms with van der Waals surface area (Å²) in [6.07, 6.45) is 4.11. The van der Waals surface area contributed by atoms with Crippen molar-refractivity contribution in [3.63, 3.8) is 0 Å². The molecule has 0 aliphatic carbocycles. The van der Waals surface area contributed by atoms with E-state index in [-0.39, 0.29) is 30.8 Å². The lowest BCUT2D eigenvalue weighted by Crippen LogP contribution is -2.52. The van der Waals surface area contributed by atoms with Crippen LogP contribution in [-0.2, 0) is 16.1 Å². The first kappa shape index (κ1) is 18.3. The van der Waals surface area contributed by atoms with E-state index in [4.69, 9.17) is 5.73 Å². The average Bonchev–Trinajstić information content (AvgIpc) is 3.28. The standard InChI is InChI=1S/C19H22N6O3/c1-2-4-13(20)14-10-25(23-22-14)15-6-3-5-11-12(15)9-24(19(11)28)16-7-8-17(26)21-18(16)27/h3,5-6,10,13,16H,2,4,7-9,20H2,1H3,(H,21,26,27). The van der Waals surface area contributed by atoms with E-state index >= 15 is 0 Å². The molecule has 3 N–H and O–H groups in total. The maximum atomic E-state index is 12.9. The van der Waals surface area contributed by atoms with Crippen molar-refractivity contribution < 1.29 is 14.4 Å². The van der Waals surface area contributed by atoms with Crippen molar-refractivity contribution in [1.29, 1.82) is 0 Å². The van der Waals surface area contributed by atoms with Crippen molar-refractivity contribution in [2.75, 3.05) is 0 Å². The number of carbonyl (C=O) groups is 3. The number of aromatic nitrogens is 3. The zero-order valence-electron chi connectivity index (χ0n) is 15.6. The van der Waals surface area contributed by atoms with Crippen LogP contribution in [0.25, 0.3) is 5.69 Å². The van der Waals surface area contributed by atoms with E-state index in [0.717, 1.165) is 24.1 Å². The average molecular weight is 382 g/mol. The first-order chi connectivity index (χ1) is 13.5. The summed E-state index contributed by atoms with van der Waals surface area (Å²) < 4.78 is 1.63. The van der Waals surface area contributed by atoms with Gasteiger partial charge in [-0.3, -0.25) is 19.7 Å². The summed E-state index contributed by atoms with van der Waals surface area (Å²) in [5, 5.41) is 10.7. The number of nitrogens with two attached hydrogens (primary N) is 1. The second-order valence-corrected chi connectivity index (χ2v) is 7.19. The van der Waals surface area contributed by atoms with E-state index in [1.165, 1.54) is 4.90 Å². The minimum Gasteiger partial charge on any atom is -0.323 e. The van der Waals surface area contributed by atoms with E-state index < -0.39 is 11.9 Å². The first-order valence-electron chi connectivity index (χ1n) is 9.44. The number of carbonyl (C=O) groups excluding carboxylic acids is 3. The van der Waals surface area contributed by atoms with Gasteiger partial charge in [-0.05, 0) is 25.0 Å². The van der Waals surface area contributed by atoms with Crippen LogP contribution in [-0.4, -0.2) is 43.7 Å². The molecular formula is C19H22N6O3. The molecule has 1 aromatic heterocycles. The third-order valence-electron chi connectivity index (χ3n) is 5.29. The number of rotatable bonds is 5. The molecule has 1 aromatic carbocycles. The molecule has 2 unspecified atom stereocenters. The molecule has 9 nitrogen and oxygen atoms in total. The van der Waals surface area contributed by atoms with Crippen molar-refractivity contribution in [3.05, 3.63) is 41.2 Å². The summed E-state index contributed by atoms with van der Waals surface area (Å²) >= 11 is 0. The van der Waals surface area contributed by atoms with Crippen molar-refractivity contribution in [2.45, 2.75) is 51.2 Å². The molecular weight excluding hydrogens is 360 g/mol. The molecule has 2 atom stereocenters. The summed E-state index contributed by atoms with van der Waals surface area (Å²) in [5.41, 5.74) is 8.90. The second kappa shape index (κ2) is 7.16. The van der Waals surface area contributed by atoms with Gasteiger partial charge in [-0.1, -0.05) is 24.6 Å². The summed E-state index contributed by atoms with van der Waals surface area (Å²) in [7, 11) is 0. The molecule has 3 heterocycles. The maximum Gasteiger partial charge on any atom is 0.255 e. The second-order valence-electron chi connectivity index (χ2n) is 7.19. The molecule has 0 saturated carbocycles. The first-order valence-corrected chi connectivity index (χ1v) is 9.44. The molecule has 2 aromatic rings. The van der Waals surface area contributed by atoms with E-state index in [1.807, 2.05) is 6.07 Å². The highest BCUT2D eigenvalue weighted by molar-refractivity contribution is 6.05. The van der Waals surface area contributed by atoms with Crippen LogP contribution in [0.2, 0.25) is 0 Å². The number of nitrogens with zero attached hydrogens (tertiary/aromatic N) is 4. The summed E-state index contributed by atoms with van der Waals surface area (Å²) in [6, 6.07) is 4.57. The van der Waals surface area contributed by atoms with Gasteiger partial charge in [0.05, 0.1) is 23.6 Å². The SMILES string of the molecule is CCCC(N)c1cn(-c2cccc3c2CN(C2CCC(=O)NC2=O)C3=O)nn1. The molecule has 2 aliphatic rings. The van der Waals surface area contributed by atoms with E-state index in [1.54, 1.807) is 23.0 Å². The molecule has 4 rings (SSSR count). The van der Waals surface area contributed by atoms with Crippen LogP contribution in [0.4, 0.5) is 0 Å². The van der Waals surface area contributed by atoms with Crippen LogP contribution in [0, 0.1) is 0 Å². The molecule has 0 spiro atoms. The number of benzene rings is 1. The van der Waals surface area contributed by atoms with Gasteiger partial charge in [0.15, 0.2) is 0 Å². The Morgan fingerprint density at radius 1 is 1.32 bits per heavy atom. The lowest BCUT2D eigenvalue weighted by molar-refractivity contribution is -0.136. The van der Waals surface area contributed by atoms with Gasteiger partial charge < -0.3 is 10.6 Å². The van der Waals surface area contributed by atoms with Crippen LogP contribution in [0.1, 0.15) is 60.3 Å². The lowest BCUT2D eigenvalue weighted by atomic mass is 10.0. The molecule has 0 bridgehead atoms. The molecule has 0 radical (unpaired) electrons. The largest absolute Gasteiger partial charge is 0.323 e. The van der Waals surface area contributed by atoms with Crippen molar-refractivity contribution in [3.8, 4) is 5.69 Å². The van der Waals surface area contributed by atoms with Crippen molar-refractivity contribution >= 4 is 17.7 Å². The zero-order chi connectivity index (χ0) is 19.8. The van der Waals surface area contributed by atoms with Crippen LogP contribution in [0.15, 0.2) is 24.4 Å². The quantitative estimate of drug-likeness (QED) is 0.738. The molecule has 2 aliphatic heterocycles. The van der Waals surface area contributed by atoms with Crippen molar-refractivity contribution in [2.24, 2.45) is 5.73 Å². The van der Waals surface area contributed by atoms with Gasteiger partial charge in [0.2, 0.25) is 11.8 Å². The number of piperidine rings is 1. The smallest absolute Gasteiger partial charge is 0.255 e. The highest BCUT2D eigenvalue weighted by Gasteiger charge is 2.40. The topological polar surface area (TPSA) is 123 Å². The fraction of sp³-hybridized carbons (Fsp3) is 0.421. The lowest BCUT2D eigenvalue weighted by Gasteiger charge is -2.29. The number of hydrogen-bond acceptors (Lipinski definition) is 6. The molecule has 1 saturated heterocycles. The van der Waals surface area contributed by atoms with E-state index in [0.29, 0.717) is 17.7 Å². The van der Waals surface area contributed by atoms with Crippen LogP contribution >= 0.6 is 0 Å². The Morgan fingerprint density at radius 3 is 2.89 bits per heavy atom. The Bertz CT molecular complexity index is 953.